The average molecular weight is 327 g/mol. The van der Waals surface area contributed by atoms with Crippen LogP contribution in [0.1, 0.15) is 29.8 Å². The highest BCUT2D eigenvalue weighted by molar-refractivity contribution is 6.31. The summed E-state index contributed by atoms with van der Waals surface area (Å²) in [6.45, 7) is 4.68. The summed E-state index contributed by atoms with van der Waals surface area (Å²) in [5, 5.41) is 9.89. The van der Waals surface area contributed by atoms with Gasteiger partial charge < -0.3 is 15.4 Å². The van der Waals surface area contributed by atoms with Gasteiger partial charge in [0.2, 0.25) is 0 Å². The topological polar surface area (TPSA) is 98.1 Å². The molecule has 0 aliphatic carbocycles. The third kappa shape index (κ3) is 2.85. The summed E-state index contributed by atoms with van der Waals surface area (Å²) in [5.74, 6) is 0.433. The summed E-state index contributed by atoms with van der Waals surface area (Å²) in [4.78, 5) is 28.1. The van der Waals surface area contributed by atoms with Gasteiger partial charge in [0, 0.05) is 30.6 Å². The third-order valence-electron chi connectivity index (χ3n) is 3.55. The van der Waals surface area contributed by atoms with Crippen molar-refractivity contribution >= 4 is 29.1 Å². The van der Waals surface area contributed by atoms with Gasteiger partial charge in [0.05, 0.1) is 23.9 Å². The number of esters is 1. The zero-order valence-corrected chi connectivity index (χ0v) is 13.4. The van der Waals surface area contributed by atoms with Crippen molar-refractivity contribution in [2.45, 2.75) is 20.4 Å². The Kier molecular flexibility index (Phi) is 4.28. The van der Waals surface area contributed by atoms with E-state index in [-0.39, 0.29) is 12.5 Å². The predicted molar refractivity (Wildman–Crippen MR) is 88.3 cm³/mol. The first-order chi connectivity index (χ1) is 11.6. The fraction of sp³-hybridized carbons (Fsp3) is 0.250. The van der Waals surface area contributed by atoms with Gasteiger partial charge in [-0.3, -0.25) is 4.79 Å². The number of hydrogen-bond donors (Lipinski definition) is 2. The van der Waals surface area contributed by atoms with Gasteiger partial charge in [-0.05, 0) is 19.9 Å². The number of nitrogens with zero attached hydrogens (tertiary/aromatic N) is 3. The van der Waals surface area contributed by atoms with Crippen molar-refractivity contribution in [3.63, 3.8) is 0 Å². The van der Waals surface area contributed by atoms with Crippen LogP contribution in [-0.2, 0) is 16.1 Å². The van der Waals surface area contributed by atoms with Crippen molar-refractivity contribution in [3.05, 3.63) is 41.9 Å². The monoisotopic (exact) mass is 327 g/mol. The Bertz CT molecular complexity index is 825. The molecule has 124 valence electrons. The Hall–Kier alpha value is -3.16. The average Bonchev–Trinajstić information content (AvgIpc) is 3.15. The number of pyridine rings is 1. The number of ether oxygens (including phenoxy) is 1. The van der Waals surface area contributed by atoms with Gasteiger partial charge in [-0.25, -0.2) is 14.5 Å². The number of rotatable bonds is 5. The quantitative estimate of drug-likeness (QED) is 0.643. The minimum absolute atomic E-state index is 0.276. The number of aromatic nitrogens is 3. The van der Waals surface area contributed by atoms with Crippen molar-refractivity contribution < 1.29 is 14.3 Å². The smallest absolute Gasteiger partial charge is 0.339 e. The van der Waals surface area contributed by atoms with E-state index < -0.39 is 5.97 Å². The van der Waals surface area contributed by atoms with Crippen LogP contribution in [0.2, 0.25) is 0 Å². The second-order valence-corrected chi connectivity index (χ2v) is 5.03. The van der Waals surface area contributed by atoms with E-state index in [4.69, 9.17) is 4.74 Å². The van der Waals surface area contributed by atoms with E-state index in [1.54, 1.807) is 30.1 Å². The Labute approximate surface area is 138 Å². The second-order valence-electron chi connectivity index (χ2n) is 5.03. The van der Waals surface area contributed by atoms with E-state index in [0.717, 1.165) is 5.82 Å². The van der Waals surface area contributed by atoms with Gasteiger partial charge in [0.25, 0.3) is 5.91 Å². The van der Waals surface area contributed by atoms with Crippen molar-refractivity contribution in [1.29, 1.82) is 0 Å². The Morgan fingerprint density at radius 1 is 1.46 bits per heavy atom. The summed E-state index contributed by atoms with van der Waals surface area (Å²) >= 11 is 0. The molecule has 0 atom stereocenters. The van der Waals surface area contributed by atoms with Gasteiger partial charge in [0.15, 0.2) is 0 Å². The minimum atomic E-state index is -0.469. The van der Waals surface area contributed by atoms with Crippen molar-refractivity contribution in [1.82, 2.24) is 14.8 Å². The van der Waals surface area contributed by atoms with E-state index in [0.29, 0.717) is 29.1 Å². The highest BCUT2D eigenvalue weighted by atomic mass is 16.5. The molecule has 0 fully saturated rings. The van der Waals surface area contributed by atoms with Gasteiger partial charge in [0.1, 0.15) is 11.6 Å². The highest BCUT2D eigenvalue weighted by Gasteiger charge is 2.27. The molecular weight excluding hydrogens is 310 g/mol. The molecule has 0 spiro atoms. The van der Waals surface area contributed by atoms with Crippen molar-refractivity contribution in [2.75, 3.05) is 17.2 Å². The second kappa shape index (κ2) is 6.53. The van der Waals surface area contributed by atoms with Crippen LogP contribution in [0.3, 0.4) is 0 Å². The molecule has 0 saturated heterocycles. The molecule has 1 aliphatic heterocycles. The molecule has 3 heterocycles. The fourth-order valence-corrected chi connectivity index (χ4v) is 2.39. The van der Waals surface area contributed by atoms with Crippen LogP contribution in [0.25, 0.3) is 5.57 Å². The number of carbonyl (C=O) groups is 2. The third-order valence-corrected chi connectivity index (χ3v) is 3.55. The SMILES string of the molecule is CCOC(=O)c1cnc2c(c1)/C(=C/Nc1ccnn1CC)C(=O)N2. The fourth-order valence-electron chi connectivity index (χ4n) is 2.39. The molecule has 1 amide bonds. The maximum absolute atomic E-state index is 12.2. The molecule has 2 aromatic heterocycles. The highest BCUT2D eigenvalue weighted by Crippen LogP contribution is 2.30. The van der Waals surface area contributed by atoms with Gasteiger partial charge in [-0.1, -0.05) is 0 Å². The maximum atomic E-state index is 12.2. The van der Waals surface area contributed by atoms with Crippen LogP contribution >= 0.6 is 0 Å². The van der Waals surface area contributed by atoms with Crippen LogP contribution in [-0.4, -0.2) is 33.2 Å². The number of anilines is 2. The Morgan fingerprint density at radius 2 is 2.29 bits per heavy atom. The first kappa shape index (κ1) is 15.7. The molecule has 0 aromatic carbocycles. The molecule has 2 aromatic rings. The van der Waals surface area contributed by atoms with Crippen LogP contribution < -0.4 is 10.6 Å². The molecular formula is C16H17N5O3. The molecule has 0 saturated carbocycles. The van der Waals surface area contributed by atoms with E-state index >= 15 is 0 Å². The summed E-state index contributed by atoms with van der Waals surface area (Å²) < 4.78 is 6.73. The van der Waals surface area contributed by atoms with Crippen molar-refractivity contribution in [2.24, 2.45) is 0 Å². The number of amides is 1. The van der Waals surface area contributed by atoms with E-state index in [1.807, 2.05) is 13.0 Å². The molecule has 0 bridgehead atoms. The van der Waals surface area contributed by atoms with E-state index in [1.165, 1.54) is 6.20 Å². The number of aryl methyl sites for hydroxylation is 1. The standard InChI is InChI=1S/C16H17N5O3/c1-3-21-13(5-6-19-21)17-9-12-11-7-10(16(23)24-4-2)8-18-14(11)20-15(12)22/h5-9,17H,3-4H2,1-2H3,(H,18,20,22)/b12-9-. The Morgan fingerprint density at radius 3 is 3.04 bits per heavy atom. The number of fused-ring (bicyclic) bond motifs is 1. The molecule has 0 radical (unpaired) electrons. The normalized spacial score (nSPS) is 14.4. The zero-order valence-electron chi connectivity index (χ0n) is 13.4. The first-order valence-corrected chi connectivity index (χ1v) is 7.61. The lowest BCUT2D eigenvalue weighted by atomic mass is 10.1. The first-order valence-electron chi connectivity index (χ1n) is 7.61. The number of hydrogen-bond acceptors (Lipinski definition) is 6. The van der Waals surface area contributed by atoms with Crippen molar-refractivity contribution in [3.8, 4) is 0 Å². The number of nitrogens with one attached hydrogen (secondary N) is 2. The molecule has 24 heavy (non-hydrogen) atoms. The summed E-state index contributed by atoms with van der Waals surface area (Å²) in [6.07, 6.45) is 4.65. The molecule has 1 aliphatic rings. The molecule has 2 N–H and O–H groups in total. The minimum Gasteiger partial charge on any atom is -0.462 e. The Balaban J connectivity index is 1.91. The van der Waals surface area contributed by atoms with Crippen LogP contribution in [0, 0.1) is 0 Å². The molecule has 0 unspecified atom stereocenters. The lowest BCUT2D eigenvalue weighted by Gasteiger charge is -2.05. The van der Waals surface area contributed by atoms with Gasteiger partial charge in [-0.2, -0.15) is 5.10 Å². The molecule has 8 nitrogen and oxygen atoms in total. The zero-order chi connectivity index (χ0) is 17.1. The summed E-state index contributed by atoms with van der Waals surface area (Å²) in [7, 11) is 0. The van der Waals surface area contributed by atoms with Crippen LogP contribution in [0.5, 0.6) is 0 Å². The van der Waals surface area contributed by atoms with E-state index in [9.17, 15) is 9.59 Å². The summed E-state index contributed by atoms with van der Waals surface area (Å²) in [5.41, 5.74) is 1.25. The molecule has 8 heteroatoms. The van der Waals surface area contributed by atoms with E-state index in [2.05, 4.69) is 20.7 Å². The molecule has 3 rings (SSSR count). The number of carbonyl (C=O) groups excluding carboxylic acids is 2. The summed E-state index contributed by atoms with van der Waals surface area (Å²) in [6, 6.07) is 3.41. The van der Waals surface area contributed by atoms with Gasteiger partial charge in [-0.15, -0.1) is 0 Å². The van der Waals surface area contributed by atoms with Gasteiger partial charge >= 0.3 is 5.97 Å². The lowest BCUT2D eigenvalue weighted by molar-refractivity contribution is -0.110. The lowest BCUT2D eigenvalue weighted by Crippen LogP contribution is -2.07. The van der Waals surface area contributed by atoms with Crippen LogP contribution in [0.4, 0.5) is 11.6 Å². The maximum Gasteiger partial charge on any atom is 0.339 e. The predicted octanol–water partition coefficient (Wildman–Crippen LogP) is 1.88. The van der Waals surface area contributed by atoms with Crippen LogP contribution in [0.15, 0.2) is 30.7 Å². The largest absolute Gasteiger partial charge is 0.462 e.